The van der Waals surface area contributed by atoms with Crippen LogP contribution < -0.4 is 5.32 Å². The Labute approximate surface area is 107 Å². The fourth-order valence-electron chi connectivity index (χ4n) is 1.64. The topological polar surface area (TPSA) is 12.0 Å². The highest BCUT2D eigenvalue weighted by Gasteiger charge is 2.21. The van der Waals surface area contributed by atoms with Gasteiger partial charge in [-0.3, -0.25) is 0 Å². The third-order valence-electron chi connectivity index (χ3n) is 2.79. The molecule has 2 rings (SSSR count). The predicted molar refractivity (Wildman–Crippen MR) is 71.8 cm³/mol. The average molecular weight is 253 g/mol. The van der Waals surface area contributed by atoms with E-state index in [1.54, 1.807) is 23.9 Å². The second kappa shape index (κ2) is 5.87. The standard InChI is InChI=1S/C14H20FNS/c1-10(2)9-17-14-5-3-4-13(15)12(14)8-16-11-6-7-11/h3-5,10-11,16H,6-9H2,1-2H3. The van der Waals surface area contributed by atoms with Gasteiger partial charge in [-0.15, -0.1) is 11.8 Å². The molecular weight excluding hydrogens is 233 g/mol. The summed E-state index contributed by atoms with van der Waals surface area (Å²) < 4.78 is 13.8. The molecule has 0 spiro atoms. The number of rotatable bonds is 6. The van der Waals surface area contributed by atoms with Crippen LogP contribution in [0.15, 0.2) is 23.1 Å². The van der Waals surface area contributed by atoms with E-state index in [-0.39, 0.29) is 5.82 Å². The van der Waals surface area contributed by atoms with Crippen molar-refractivity contribution in [1.82, 2.24) is 5.32 Å². The third-order valence-corrected chi connectivity index (χ3v) is 4.32. The van der Waals surface area contributed by atoms with E-state index < -0.39 is 0 Å². The van der Waals surface area contributed by atoms with Gasteiger partial charge in [0.1, 0.15) is 5.82 Å². The van der Waals surface area contributed by atoms with Gasteiger partial charge in [0.15, 0.2) is 0 Å². The lowest BCUT2D eigenvalue weighted by atomic mass is 10.2. The van der Waals surface area contributed by atoms with Gasteiger partial charge in [0.05, 0.1) is 0 Å². The highest BCUT2D eigenvalue weighted by atomic mass is 32.2. The lowest BCUT2D eigenvalue weighted by Crippen LogP contribution is -2.17. The first-order chi connectivity index (χ1) is 8.16. The van der Waals surface area contributed by atoms with Crippen molar-refractivity contribution in [3.05, 3.63) is 29.6 Å². The predicted octanol–water partition coefficient (Wildman–Crippen LogP) is 3.83. The molecular formula is C14H20FNS. The van der Waals surface area contributed by atoms with Crippen LogP contribution in [0.5, 0.6) is 0 Å². The largest absolute Gasteiger partial charge is 0.310 e. The lowest BCUT2D eigenvalue weighted by molar-refractivity contribution is 0.579. The number of halogens is 1. The zero-order chi connectivity index (χ0) is 12.3. The van der Waals surface area contributed by atoms with Crippen LogP contribution in [-0.4, -0.2) is 11.8 Å². The molecule has 0 aliphatic heterocycles. The van der Waals surface area contributed by atoms with Crippen LogP contribution in [0.2, 0.25) is 0 Å². The van der Waals surface area contributed by atoms with E-state index in [4.69, 9.17) is 0 Å². The van der Waals surface area contributed by atoms with E-state index in [0.29, 0.717) is 18.5 Å². The molecule has 0 heterocycles. The second-order valence-electron chi connectivity index (χ2n) is 5.08. The molecule has 1 saturated carbocycles. The van der Waals surface area contributed by atoms with Gasteiger partial charge < -0.3 is 5.32 Å². The van der Waals surface area contributed by atoms with E-state index >= 15 is 0 Å². The molecule has 17 heavy (non-hydrogen) atoms. The fourth-order valence-corrected chi connectivity index (χ4v) is 2.67. The van der Waals surface area contributed by atoms with Crippen LogP contribution in [0, 0.1) is 11.7 Å². The highest BCUT2D eigenvalue weighted by molar-refractivity contribution is 7.99. The minimum atomic E-state index is -0.0769. The first-order valence-electron chi connectivity index (χ1n) is 6.30. The summed E-state index contributed by atoms with van der Waals surface area (Å²) in [6.07, 6.45) is 2.48. The van der Waals surface area contributed by atoms with Crippen LogP contribution in [0.1, 0.15) is 32.3 Å². The lowest BCUT2D eigenvalue weighted by Gasteiger charge is -2.12. The van der Waals surface area contributed by atoms with Crippen LogP contribution in [0.25, 0.3) is 0 Å². The van der Waals surface area contributed by atoms with E-state index in [2.05, 4.69) is 19.2 Å². The van der Waals surface area contributed by atoms with Crippen molar-refractivity contribution in [3.8, 4) is 0 Å². The number of nitrogens with one attached hydrogen (secondary N) is 1. The SMILES string of the molecule is CC(C)CSc1cccc(F)c1CNC1CC1. The van der Waals surface area contributed by atoms with Crippen LogP contribution in [0.3, 0.4) is 0 Å². The first kappa shape index (κ1) is 12.9. The maximum atomic E-state index is 13.8. The minimum absolute atomic E-state index is 0.0769. The third kappa shape index (κ3) is 4.00. The number of benzene rings is 1. The Morgan fingerprint density at radius 1 is 1.41 bits per heavy atom. The molecule has 1 aromatic rings. The van der Waals surface area contributed by atoms with Gasteiger partial charge in [-0.1, -0.05) is 19.9 Å². The first-order valence-corrected chi connectivity index (χ1v) is 7.29. The Kier molecular flexibility index (Phi) is 4.46. The molecule has 0 aromatic heterocycles. The van der Waals surface area contributed by atoms with Gasteiger partial charge in [-0.05, 0) is 30.9 Å². The van der Waals surface area contributed by atoms with Crippen LogP contribution in [-0.2, 0) is 6.54 Å². The Balaban J connectivity index is 2.03. The Hall–Kier alpha value is -0.540. The summed E-state index contributed by atoms with van der Waals surface area (Å²) >= 11 is 1.76. The molecule has 1 aliphatic carbocycles. The number of hydrogen-bond donors (Lipinski definition) is 1. The average Bonchev–Trinajstić information content (AvgIpc) is 3.08. The molecule has 3 heteroatoms. The van der Waals surface area contributed by atoms with Crippen molar-refractivity contribution in [2.75, 3.05) is 5.75 Å². The van der Waals surface area contributed by atoms with E-state index in [9.17, 15) is 4.39 Å². The Bertz CT molecular complexity index is 374. The minimum Gasteiger partial charge on any atom is -0.310 e. The van der Waals surface area contributed by atoms with Gasteiger partial charge in [-0.25, -0.2) is 4.39 Å². The normalized spacial score (nSPS) is 15.5. The van der Waals surface area contributed by atoms with Gasteiger partial charge in [-0.2, -0.15) is 0 Å². The Morgan fingerprint density at radius 3 is 2.82 bits per heavy atom. The molecule has 0 bridgehead atoms. The van der Waals surface area contributed by atoms with Crippen molar-refractivity contribution in [2.24, 2.45) is 5.92 Å². The summed E-state index contributed by atoms with van der Waals surface area (Å²) in [6.45, 7) is 5.04. The molecule has 1 nitrogen and oxygen atoms in total. The monoisotopic (exact) mass is 253 g/mol. The van der Waals surface area contributed by atoms with Gasteiger partial charge in [0.25, 0.3) is 0 Å². The molecule has 94 valence electrons. The van der Waals surface area contributed by atoms with Crippen LogP contribution in [0.4, 0.5) is 4.39 Å². The van der Waals surface area contributed by atoms with Gasteiger partial charge >= 0.3 is 0 Å². The van der Waals surface area contributed by atoms with Gasteiger partial charge in [0.2, 0.25) is 0 Å². The molecule has 1 aromatic carbocycles. The smallest absolute Gasteiger partial charge is 0.128 e. The quantitative estimate of drug-likeness (QED) is 0.773. The molecule has 1 N–H and O–H groups in total. The molecule has 1 fully saturated rings. The molecule has 0 amide bonds. The molecule has 0 saturated heterocycles. The zero-order valence-electron chi connectivity index (χ0n) is 10.5. The summed E-state index contributed by atoms with van der Waals surface area (Å²) in [5, 5.41) is 3.39. The highest BCUT2D eigenvalue weighted by Crippen LogP contribution is 2.28. The van der Waals surface area contributed by atoms with E-state index in [0.717, 1.165) is 16.2 Å². The molecule has 1 aliphatic rings. The maximum Gasteiger partial charge on any atom is 0.128 e. The maximum absolute atomic E-state index is 13.8. The zero-order valence-corrected chi connectivity index (χ0v) is 11.3. The summed E-state index contributed by atoms with van der Waals surface area (Å²) in [4.78, 5) is 1.09. The van der Waals surface area contributed by atoms with E-state index in [1.807, 2.05) is 6.07 Å². The molecule has 0 atom stereocenters. The van der Waals surface area contributed by atoms with Crippen molar-refractivity contribution >= 4 is 11.8 Å². The summed E-state index contributed by atoms with van der Waals surface area (Å²) in [5.41, 5.74) is 0.838. The molecule has 0 radical (unpaired) electrons. The Morgan fingerprint density at radius 2 is 2.18 bits per heavy atom. The fraction of sp³-hybridized carbons (Fsp3) is 0.571. The van der Waals surface area contributed by atoms with Gasteiger partial charge in [0, 0.05) is 28.8 Å². The number of hydrogen-bond acceptors (Lipinski definition) is 2. The van der Waals surface area contributed by atoms with E-state index in [1.165, 1.54) is 12.8 Å². The summed E-state index contributed by atoms with van der Waals surface area (Å²) in [7, 11) is 0. The second-order valence-corrected chi connectivity index (χ2v) is 6.14. The van der Waals surface area contributed by atoms with Crippen LogP contribution >= 0.6 is 11.8 Å². The number of thioether (sulfide) groups is 1. The van der Waals surface area contributed by atoms with Crippen molar-refractivity contribution in [1.29, 1.82) is 0 Å². The summed E-state index contributed by atoms with van der Waals surface area (Å²) in [5.74, 6) is 1.60. The van der Waals surface area contributed by atoms with Crippen molar-refractivity contribution in [3.63, 3.8) is 0 Å². The molecule has 0 unspecified atom stereocenters. The van der Waals surface area contributed by atoms with Crippen molar-refractivity contribution in [2.45, 2.75) is 44.2 Å². The summed E-state index contributed by atoms with van der Waals surface area (Å²) in [6, 6.07) is 6.01. The van der Waals surface area contributed by atoms with Crippen molar-refractivity contribution < 1.29 is 4.39 Å².